The zero-order chi connectivity index (χ0) is 17.6. The van der Waals surface area contributed by atoms with Gasteiger partial charge in [0.25, 0.3) is 0 Å². The molecule has 4 rings (SSSR count). The molecule has 1 unspecified atom stereocenters. The van der Waals surface area contributed by atoms with Crippen molar-refractivity contribution in [1.82, 2.24) is 15.3 Å². The number of hydrogen-bond acceptors (Lipinski definition) is 6. The van der Waals surface area contributed by atoms with Crippen molar-refractivity contribution in [2.75, 3.05) is 49.2 Å². The summed E-state index contributed by atoms with van der Waals surface area (Å²) in [4.78, 5) is 13.2. The molecule has 3 heterocycles. The van der Waals surface area contributed by atoms with Crippen LogP contribution in [0.1, 0.15) is 18.4 Å². The number of piperidine rings is 1. The Bertz CT molecular complexity index is 690. The molecule has 2 aliphatic heterocycles. The topological polar surface area (TPSA) is 53.5 Å². The van der Waals surface area contributed by atoms with Crippen molar-refractivity contribution in [3.63, 3.8) is 0 Å². The van der Waals surface area contributed by atoms with E-state index in [0.717, 1.165) is 51.8 Å². The minimum Gasteiger partial charge on any atom is -0.378 e. The van der Waals surface area contributed by atoms with E-state index in [0.29, 0.717) is 6.04 Å². The highest BCUT2D eigenvalue weighted by Gasteiger charge is 2.21. The Kier molecular flexibility index (Phi) is 5.62. The molecule has 2 aromatic rings. The highest BCUT2D eigenvalue weighted by molar-refractivity contribution is 5.54. The molecule has 6 nitrogen and oxygen atoms in total. The van der Waals surface area contributed by atoms with Crippen molar-refractivity contribution < 1.29 is 4.74 Å². The molecule has 2 fully saturated rings. The van der Waals surface area contributed by atoms with Crippen LogP contribution in [0.15, 0.2) is 42.9 Å². The SMILES string of the molecule is c1ccc(N2CCOCC2)c(CNC2CCCN(c3ccncn3)C2)c1. The minimum atomic E-state index is 0.483. The maximum absolute atomic E-state index is 5.50. The van der Waals surface area contributed by atoms with Crippen LogP contribution in [-0.4, -0.2) is 55.4 Å². The van der Waals surface area contributed by atoms with Gasteiger partial charge < -0.3 is 19.9 Å². The molecule has 1 aromatic carbocycles. The summed E-state index contributed by atoms with van der Waals surface area (Å²) in [7, 11) is 0. The van der Waals surface area contributed by atoms with Crippen molar-refractivity contribution in [3.05, 3.63) is 48.4 Å². The Morgan fingerprint density at radius 2 is 1.96 bits per heavy atom. The van der Waals surface area contributed by atoms with Gasteiger partial charge in [-0.05, 0) is 30.5 Å². The van der Waals surface area contributed by atoms with Crippen molar-refractivity contribution in [2.45, 2.75) is 25.4 Å². The van der Waals surface area contributed by atoms with E-state index in [1.807, 2.05) is 12.3 Å². The predicted molar refractivity (Wildman–Crippen MR) is 104 cm³/mol. The van der Waals surface area contributed by atoms with Gasteiger partial charge in [0.05, 0.1) is 13.2 Å². The maximum Gasteiger partial charge on any atom is 0.131 e. The lowest BCUT2D eigenvalue weighted by atomic mass is 10.0. The van der Waals surface area contributed by atoms with Gasteiger partial charge >= 0.3 is 0 Å². The van der Waals surface area contributed by atoms with Crippen molar-refractivity contribution >= 4 is 11.5 Å². The van der Waals surface area contributed by atoms with Crippen LogP contribution in [0.2, 0.25) is 0 Å². The van der Waals surface area contributed by atoms with E-state index < -0.39 is 0 Å². The molecule has 0 bridgehead atoms. The second-order valence-electron chi connectivity index (χ2n) is 6.96. The third kappa shape index (κ3) is 4.14. The fourth-order valence-corrected chi connectivity index (χ4v) is 3.85. The summed E-state index contributed by atoms with van der Waals surface area (Å²) in [5, 5.41) is 3.77. The quantitative estimate of drug-likeness (QED) is 0.888. The Morgan fingerprint density at radius 3 is 2.81 bits per heavy atom. The van der Waals surface area contributed by atoms with Gasteiger partial charge in [-0.15, -0.1) is 0 Å². The summed E-state index contributed by atoms with van der Waals surface area (Å²) < 4.78 is 5.50. The second-order valence-corrected chi connectivity index (χ2v) is 6.96. The van der Waals surface area contributed by atoms with Crippen LogP contribution in [0.25, 0.3) is 0 Å². The van der Waals surface area contributed by atoms with Crippen LogP contribution in [0.3, 0.4) is 0 Å². The number of benzene rings is 1. The van der Waals surface area contributed by atoms with Gasteiger partial charge in [0.1, 0.15) is 12.1 Å². The van der Waals surface area contributed by atoms with Gasteiger partial charge in [0, 0.05) is 50.6 Å². The first-order chi connectivity index (χ1) is 12.9. The number of para-hydroxylation sites is 1. The molecule has 1 N–H and O–H groups in total. The zero-order valence-electron chi connectivity index (χ0n) is 15.2. The fraction of sp³-hybridized carbons (Fsp3) is 0.500. The van der Waals surface area contributed by atoms with E-state index in [2.05, 4.69) is 49.4 Å². The number of ether oxygens (including phenoxy) is 1. The van der Waals surface area contributed by atoms with Crippen LogP contribution in [0.5, 0.6) is 0 Å². The second kappa shape index (κ2) is 8.47. The first kappa shape index (κ1) is 17.2. The van der Waals surface area contributed by atoms with Gasteiger partial charge in [-0.25, -0.2) is 9.97 Å². The van der Waals surface area contributed by atoms with E-state index in [4.69, 9.17) is 4.74 Å². The first-order valence-corrected chi connectivity index (χ1v) is 9.55. The minimum absolute atomic E-state index is 0.483. The summed E-state index contributed by atoms with van der Waals surface area (Å²) in [6.45, 7) is 6.55. The van der Waals surface area contributed by atoms with Crippen LogP contribution in [0.4, 0.5) is 11.5 Å². The number of rotatable bonds is 5. The molecule has 2 aliphatic rings. The molecule has 0 radical (unpaired) electrons. The molecule has 1 atom stereocenters. The molecule has 138 valence electrons. The average Bonchev–Trinajstić information content (AvgIpc) is 2.74. The number of hydrogen-bond donors (Lipinski definition) is 1. The predicted octanol–water partition coefficient (Wildman–Crippen LogP) is 2.07. The van der Waals surface area contributed by atoms with Crippen LogP contribution in [-0.2, 0) is 11.3 Å². The standard InChI is InChI=1S/C20H27N5O/c1-2-6-19(24-10-12-26-13-11-24)17(4-1)14-22-18-5-3-9-25(15-18)20-7-8-21-16-23-20/h1-2,4,6-8,16,18,22H,3,5,9-15H2. The summed E-state index contributed by atoms with van der Waals surface area (Å²) in [6, 6.07) is 11.2. The number of nitrogens with one attached hydrogen (secondary N) is 1. The normalized spacial score (nSPS) is 21.0. The van der Waals surface area contributed by atoms with Crippen LogP contribution in [0, 0.1) is 0 Å². The van der Waals surface area contributed by atoms with Gasteiger partial charge in [-0.1, -0.05) is 18.2 Å². The van der Waals surface area contributed by atoms with Gasteiger partial charge in [0.2, 0.25) is 0 Å². The lowest BCUT2D eigenvalue weighted by Gasteiger charge is -2.35. The van der Waals surface area contributed by atoms with Crippen LogP contribution >= 0.6 is 0 Å². The summed E-state index contributed by atoms with van der Waals surface area (Å²) in [6.07, 6.45) is 5.84. The largest absolute Gasteiger partial charge is 0.378 e. The highest BCUT2D eigenvalue weighted by atomic mass is 16.5. The molecule has 0 saturated carbocycles. The van der Waals surface area contributed by atoms with E-state index in [1.165, 1.54) is 24.1 Å². The third-order valence-corrected chi connectivity index (χ3v) is 5.24. The molecular weight excluding hydrogens is 326 g/mol. The highest BCUT2D eigenvalue weighted by Crippen LogP contribution is 2.22. The van der Waals surface area contributed by atoms with E-state index in [1.54, 1.807) is 6.33 Å². The maximum atomic E-state index is 5.50. The summed E-state index contributed by atoms with van der Waals surface area (Å²) >= 11 is 0. The molecule has 0 aliphatic carbocycles. The number of morpholine rings is 1. The average molecular weight is 353 g/mol. The first-order valence-electron chi connectivity index (χ1n) is 9.55. The summed E-state index contributed by atoms with van der Waals surface area (Å²) in [5.74, 6) is 1.03. The van der Waals surface area contributed by atoms with E-state index in [9.17, 15) is 0 Å². The van der Waals surface area contributed by atoms with Crippen LogP contribution < -0.4 is 15.1 Å². The van der Waals surface area contributed by atoms with E-state index >= 15 is 0 Å². The molecule has 1 aromatic heterocycles. The monoisotopic (exact) mass is 353 g/mol. The number of nitrogens with zero attached hydrogens (tertiary/aromatic N) is 4. The Hall–Kier alpha value is -2.18. The Labute approximate surface area is 155 Å². The fourth-order valence-electron chi connectivity index (χ4n) is 3.85. The van der Waals surface area contributed by atoms with Crippen molar-refractivity contribution in [2.24, 2.45) is 0 Å². The molecule has 6 heteroatoms. The lowest BCUT2D eigenvalue weighted by Crippen LogP contribution is -2.46. The van der Waals surface area contributed by atoms with Gasteiger partial charge in [-0.2, -0.15) is 0 Å². The Morgan fingerprint density at radius 1 is 1.08 bits per heavy atom. The smallest absolute Gasteiger partial charge is 0.131 e. The lowest BCUT2D eigenvalue weighted by molar-refractivity contribution is 0.122. The molecule has 0 amide bonds. The number of anilines is 2. The molecule has 2 saturated heterocycles. The van der Waals surface area contributed by atoms with E-state index in [-0.39, 0.29) is 0 Å². The molecule has 26 heavy (non-hydrogen) atoms. The molecule has 0 spiro atoms. The van der Waals surface area contributed by atoms with Gasteiger partial charge in [-0.3, -0.25) is 0 Å². The molecular formula is C20H27N5O. The Balaban J connectivity index is 1.38. The zero-order valence-corrected chi connectivity index (χ0v) is 15.2. The third-order valence-electron chi connectivity index (χ3n) is 5.24. The van der Waals surface area contributed by atoms with Gasteiger partial charge in [0.15, 0.2) is 0 Å². The van der Waals surface area contributed by atoms with Crippen molar-refractivity contribution in [3.8, 4) is 0 Å². The number of aromatic nitrogens is 2. The van der Waals surface area contributed by atoms with Crippen molar-refractivity contribution in [1.29, 1.82) is 0 Å². The summed E-state index contributed by atoms with van der Waals surface area (Å²) in [5.41, 5.74) is 2.71.